The lowest BCUT2D eigenvalue weighted by Gasteiger charge is -2.29. The van der Waals surface area contributed by atoms with Gasteiger partial charge in [0.05, 0.1) is 5.02 Å². The predicted octanol–water partition coefficient (Wildman–Crippen LogP) is 3.58. The molecule has 1 aromatic carbocycles. The Morgan fingerprint density at radius 3 is 2.69 bits per heavy atom. The van der Waals surface area contributed by atoms with Crippen molar-refractivity contribution in [1.29, 1.82) is 0 Å². The van der Waals surface area contributed by atoms with E-state index in [1.54, 1.807) is 0 Å². The van der Waals surface area contributed by atoms with Crippen LogP contribution in [0, 0.1) is 0 Å². The number of hydrogen-bond donors (Lipinski definition) is 0. The van der Waals surface area contributed by atoms with Crippen molar-refractivity contribution in [3.8, 4) is 5.75 Å². The molecular formula is C12H15BrClNO. The lowest BCUT2D eigenvalue weighted by Crippen LogP contribution is -2.35. The molecule has 0 spiro atoms. The molecule has 0 saturated carbocycles. The number of nitrogens with zero attached hydrogens (tertiary/aromatic N) is 1. The van der Waals surface area contributed by atoms with Gasteiger partial charge in [0.15, 0.2) is 0 Å². The average Bonchev–Trinajstić information content (AvgIpc) is 2.25. The quantitative estimate of drug-likeness (QED) is 0.828. The van der Waals surface area contributed by atoms with Gasteiger partial charge in [-0.1, -0.05) is 27.5 Å². The highest BCUT2D eigenvalue weighted by Crippen LogP contribution is 2.29. The smallest absolute Gasteiger partial charge is 0.138 e. The normalized spacial score (nSPS) is 18.7. The fourth-order valence-electron chi connectivity index (χ4n) is 1.85. The van der Waals surface area contributed by atoms with E-state index < -0.39 is 0 Å². The summed E-state index contributed by atoms with van der Waals surface area (Å²) in [5.74, 6) is 0.791. The first kappa shape index (κ1) is 12.2. The Bertz CT molecular complexity index is 364. The minimum Gasteiger partial charge on any atom is -0.489 e. The average molecular weight is 305 g/mol. The second kappa shape index (κ2) is 5.39. The maximum absolute atomic E-state index is 6.11. The molecular weight excluding hydrogens is 289 g/mol. The monoisotopic (exact) mass is 303 g/mol. The van der Waals surface area contributed by atoms with Crippen LogP contribution in [0.15, 0.2) is 22.7 Å². The van der Waals surface area contributed by atoms with Gasteiger partial charge in [-0.15, -0.1) is 0 Å². The van der Waals surface area contributed by atoms with Gasteiger partial charge in [0, 0.05) is 17.6 Å². The Morgan fingerprint density at radius 2 is 2.06 bits per heavy atom. The number of benzene rings is 1. The maximum atomic E-state index is 6.11. The number of halogens is 2. The zero-order valence-electron chi connectivity index (χ0n) is 9.25. The van der Waals surface area contributed by atoms with Gasteiger partial charge >= 0.3 is 0 Å². The third-order valence-corrected chi connectivity index (χ3v) is 3.64. The third-order valence-electron chi connectivity index (χ3n) is 2.85. The molecule has 0 bridgehead atoms. The second-order valence-corrected chi connectivity index (χ2v) is 5.52. The first-order valence-corrected chi connectivity index (χ1v) is 6.62. The van der Waals surface area contributed by atoms with Crippen LogP contribution < -0.4 is 4.74 Å². The summed E-state index contributed by atoms with van der Waals surface area (Å²) in [5.41, 5.74) is 0. The molecule has 0 aromatic heterocycles. The summed E-state index contributed by atoms with van der Waals surface area (Å²) >= 11 is 9.49. The molecule has 2 rings (SSSR count). The van der Waals surface area contributed by atoms with Gasteiger partial charge < -0.3 is 9.64 Å². The van der Waals surface area contributed by atoms with Gasteiger partial charge in [-0.2, -0.15) is 0 Å². The van der Waals surface area contributed by atoms with Crippen molar-refractivity contribution in [2.45, 2.75) is 18.9 Å². The molecule has 16 heavy (non-hydrogen) atoms. The molecule has 0 unspecified atom stereocenters. The minimum atomic E-state index is 0.301. The second-order valence-electron chi connectivity index (χ2n) is 4.20. The van der Waals surface area contributed by atoms with Gasteiger partial charge in [0.2, 0.25) is 0 Å². The van der Waals surface area contributed by atoms with E-state index in [0.29, 0.717) is 11.1 Å². The topological polar surface area (TPSA) is 12.5 Å². The Hall–Kier alpha value is -0.250. The summed E-state index contributed by atoms with van der Waals surface area (Å²) in [7, 11) is 2.14. The first-order valence-electron chi connectivity index (χ1n) is 5.45. The number of rotatable bonds is 2. The largest absolute Gasteiger partial charge is 0.489 e. The van der Waals surface area contributed by atoms with Crippen LogP contribution in [0.4, 0.5) is 0 Å². The van der Waals surface area contributed by atoms with Gasteiger partial charge in [-0.3, -0.25) is 0 Å². The third kappa shape index (κ3) is 3.12. The highest BCUT2D eigenvalue weighted by molar-refractivity contribution is 9.10. The van der Waals surface area contributed by atoms with E-state index in [2.05, 4.69) is 27.9 Å². The summed E-state index contributed by atoms with van der Waals surface area (Å²) in [6.07, 6.45) is 2.45. The Balaban J connectivity index is 1.98. The Morgan fingerprint density at radius 1 is 1.38 bits per heavy atom. The molecule has 0 radical (unpaired) electrons. The van der Waals surface area contributed by atoms with Crippen LogP contribution in [0.25, 0.3) is 0 Å². The SMILES string of the molecule is CN1CCC(Oc2ccc(Br)cc2Cl)CC1. The molecule has 0 N–H and O–H groups in total. The van der Waals surface area contributed by atoms with Crippen LogP contribution in [-0.4, -0.2) is 31.1 Å². The molecule has 0 atom stereocenters. The van der Waals surface area contributed by atoms with E-state index >= 15 is 0 Å². The van der Waals surface area contributed by atoms with Crippen LogP contribution in [0.2, 0.25) is 5.02 Å². The maximum Gasteiger partial charge on any atom is 0.138 e. The summed E-state index contributed by atoms with van der Waals surface area (Å²) in [5, 5.41) is 0.674. The molecule has 0 aliphatic carbocycles. The number of likely N-dealkylation sites (tertiary alicyclic amines) is 1. The van der Waals surface area contributed by atoms with E-state index in [1.165, 1.54) is 0 Å². The molecule has 1 fully saturated rings. The molecule has 4 heteroatoms. The van der Waals surface area contributed by atoms with Gasteiger partial charge in [0.1, 0.15) is 11.9 Å². The zero-order valence-corrected chi connectivity index (χ0v) is 11.6. The lowest BCUT2D eigenvalue weighted by atomic mass is 10.1. The van der Waals surface area contributed by atoms with Gasteiger partial charge in [-0.25, -0.2) is 0 Å². The van der Waals surface area contributed by atoms with E-state index in [1.807, 2.05) is 18.2 Å². The summed E-state index contributed by atoms with van der Waals surface area (Å²) in [4.78, 5) is 2.32. The zero-order chi connectivity index (χ0) is 11.5. The number of piperidine rings is 1. The van der Waals surface area contributed by atoms with Gasteiger partial charge in [-0.05, 0) is 38.1 Å². The molecule has 1 aromatic rings. The van der Waals surface area contributed by atoms with Crippen molar-refractivity contribution in [2.24, 2.45) is 0 Å². The van der Waals surface area contributed by atoms with Crippen LogP contribution in [-0.2, 0) is 0 Å². The summed E-state index contributed by atoms with van der Waals surface area (Å²) in [6.45, 7) is 2.19. The number of hydrogen-bond acceptors (Lipinski definition) is 2. The molecule has 1 aliphatic heterocycles. The standard InChI is InChI=1S/C12H15BrClNO/c1-15-6-4-10(5-7-15)16-12-3-2-9(13)8-11(12)14/h2-3,8,10H,4-7H2,1H3. The van der Waals surface area contributed by atoms with Crippen LogP contribution in [0.3, 0.4) is 0 Å². The summed E-state index contributed by atoms with van der Waals surface area (Å²) in [6, 6.07) is 5.74. The summed E-state index contributed by atoms with van der Waals surface area (Å²) < 4.78 is 6.89. The van der Waals surface area contributed by atoms with Crippen LogP contribution in [0.1, 0.15) is 12.8 Å². The highest BCUT2D eigenvalue weighted by atomic mass is 79.9. The fourth-order valence-corrected chi connectivity index (χ4v) is 2.57. The Kier molecular flexibility index (Phi) is 4.11. The first-order chi connectivity index (χ1) is 7.65. The van der Waals surface area contributed by atoms with Crippen molar-refractivity contribution in [3.05, 3.63) is 27.7 Å². The molecule has 0 amide bonds. The highest BCUT2D eigenvalue weighted by Gasteiger charge is 2.18. The lowest BCUT2D eigenvalue weighted by molar-refractivity contribution is 0.114. The van der Waals surface area contributed by atoms with E-state index in [4.69, 9.17) is 16.3 Å². The molecule has 1 heterocycles. The van der Waals surface area contributed by atoms with Crippen molar-refractivity contribution in [3.63, 3.8) is 0 Å². The van der Waals surface area contributed by atoms with Crippen molar-refractivity contribution in [2.75, 3.05) is 20.1 Å². The molecule has 88 valence electrons. The van der Waals surface area contributed by atoms with Crippen molar-refractivity contribution < 1.29 is 4.74 Å². The Labute approximate surface area is 110 Å². The molecule has 1 saturated heterocycles. The molecule has 2 nitrogen and oxygen atoms in total. The van der Waals surface area contributed by atoms with E-state index in [9.17, 15) is 0 Å². The van der Waals surface area contributed by atoms with Crippen LogP contribution in [0.5, 0.6) is 5.75 Å². The minimum absolute atomic E-state index is 0.301. The van der Waals surface area contributed by atoms with Crippen LogP contribution >= 0.6 is 27.5 Å². The predicted molar refractivity (Wildman–Crippen MR) is 70.3 cm³/mol. The van der Waals surface area contributed by atoms with Crippen molar-refractivity contribution >= 4 is 27.5 Å². The van der Waals surface area contributed by atoms with E-state index in [-0.39, 0.29) is 0 Å². The van der Waals surface area contributed by atoms with Crippen molar-refractivity contribution in [1.82, 2.24) is 4.90 Å². The number of ether oxygens (including phenoxy) is 1. The van der Waals surface area contributed by atoms with Gasteiger partial charge in [0.25, 0.3) is 0 Å². The molecule has 1 aliphatic rings. The van der Waals surface area contributed by atoms with E-state index in [0.717, 1.165) is 36.2 Å². The fraction of sp³-hybridized carbons (Fsp3) is 0.500.